The van der Waals surface area contributed by atoms with Crippen molar-refractivity contribution in [3.8, 4) is 0 Å². The largest absolute Gasteiger partial charge is 0.345 e. The number of carbonyl (C=O) groups is 1. The number of rotatable bonds is 4. The van der Waals surface area contributed by atoms with Gasteiger partial charge >= 0.3 is 0 Å². The number of amides is 1. The highest BCUT2D eigenvalue weighted by Gasteiger charge is 2.51. The van der Waals surface area contributed by atoms with Gasteiger partial charge in [0.25, 0.3) is 0 Å². The lowest BCUT2D eigenvalue weighted by atomic mass is 9.49. The maximum Gasteiger partial charge on any atom is 0.225 e. The fourth-order valence-electron chi connectivity index (χ4n) is 6.28. The molecular formula is C18H31ClN2O. The van der Waals surface area contributed by atoms with E-state index in [2.05, 4.69) is 24.2 Å². The van der Waals surface area contributed by atoms with E-state index in [1.165, 1.54) is 38.5 Å². The Labute approximate surface area is 141 Å². The predicted molar refractivity (Wildman–Crippen MR) is 91.0 cm³/mol. The van der Waals surface area contributed by atoms with Crippen molar-refractivity contribution in [1.29, 1.82) is 0 Å². The topological polar surface area (TPSA) is 32.3 Å². The smallest absolute Gasteiger partial charge is 0.225 e. The quantitative estimate of drug-likeness (QED) is 0.861. The minimum absolute atomic E-state index is 0. The van der Waals surface area contributed by atoms with E-state index in [0.717, 1.165) is 37.4 Å². The normalized spacial score (nSPS) is 40.7. The minimum Gasteiger partial charge on any atom is -0.345 e. The van der Waals surface area contributed by atoms with Crippen LogP contribution in [0.15, 0.2) is 0 Å². The highest BCUT2D eigenvalue weighted by atomic mass is 35.5. The molecule has 0 aromatic rings. The van der Waals surface area contributed by atoms with E-state index in [1.54, 1.807) is 0 Å². The van der Waals surface area contributed by atoms with E-state index < -0.39 is 0 Å². The molecule has 1 aliphatic heterocycles. The van der Waals surface area contributed by atoms with E-state index in [9.17, 15) is 4.79 Å². The van der Waals surface area contributed by atoms with Crippen molar-refractivity contribution in [3.05, 3.63) is 0 Å². The molecule has 0 radical (unpaired) electrons. The Kier molecular flexibility index (Phi) is 4.50. The summed E-state index contributed by atoms with van der Waals surface area (Å²) in [6.45, 7) is 5.21. The number of hydrogen-bond acceptors (Lipinski definition) is 2. The molecular weight excluding hydrogens is 296 g/mol. The van der Waals surface area contributed by atoms with Gasteiger partial charge in [-0.25, -0.2) is 0 Å². The zero-order valence-corrected chi connectivity index (χ0v) is 14.8. The Hall–Kier alpha value is -0.280. The Morgan fingerprint density at radius 2 is 1.64 bits per heavy atom. The van der Waals surface area contributed by atoms with Crippen LogP contribution in [0.2, 0.25) is 0 Å². The van der Waals surface area contributed by atoms with Crippen molar-refractivity contribution in [2.24, 2.45) is 35.0 Å². The van der Waals surface area contributed by atoms with E-state index in [-0.39, 0.29) is 18.3 Å². The summed E-state index contributed by atoms with van der Waals surface area (Å²) in [7, 11) is 2.06. The van der Waals surface area contributed by atoms with Gasteiger partial charge in [-0.3, -0.25) is 4.79 Å². The van der Waals surface area contributed by atoms with E-state index in [0.29, 0.717) is 17.2 Å². The number of carbonyl (C=O) groups excluding carboxylic acids is 1. The Bertz CT molecular complexity index is 400. The maximum atomic E-state index is 12.7. The second kappa shape index (κ2) is 5.98. The van der Waals surface area contributed by atoms with Crippen LogP contribution < -0.4 is 5.32 Å². The zero-order chi connectivity index (χ0) is 14.6. The van der Waals surface area contributed by atoms with Gasteiger partial charge in [0.2, 0.25) is 5.91 Å². The van der Waals surface area contributed by atoms with Crippen LogP contribution in [-0.4, -0.2) is 37.5 Å². The predicted octanol–water partition coefficient (Wildman–Crippen LogP) is 2.94. The highest BCUT2D eigenvalue weighted by Crippen LogP contribution is 2.60. The Morgan fingerprint density at radius 1 is 1.14 bits per heavy atom. The molecule has 1 atom stereocenters. The molecule has 22 heavy (non-hydrogen) atoms. The first-order chi connectivity index (χ1) is 10.0. The lowest BCUT2D eigenvalue weighted by Crippen LogP contribution is -2.54. The average molecular weight is 327 g/mol. The number of halogens is 1. The minimum atomic E-state index is 0. The van der Waals surface area contributed by atoms with E-state index >= 15 is 0 Å². The van der Waals surface area contributed by atoms with Crippen LogP contribution in [0, 0.1) is 35.0 Å². The summed E-state index contributed by atoms with van der Waals surface area (Å²) in [5.74, 6) is 4.09. The van der Waals surface area contributed by atoms with Crippen molar-refractivity contribution in [1.82, 2.24) is 10.2 Å². The van der Waals surface area contributed by atoms with Crippen molar-refractivity contribution < 1.29 is 4.79 Å². The lowest BCUT2D eigenvalue weighted by Gasteiger charge is -2.57. The molecule has 1 heterocycles. The third-order valence-electron chi connectivity index (χ3n) is 7.02. The van der Waals surface area contributed by atoms with Gasteiger partial charge in [-0.1, -0.05) is 6.92 Å². The Morgan fingerprint density at radius 3 is 2.05 bits per heavy atom. The molecule has 4 saturated carbocycles. The van der Waals surface area contributed by atoms with Gasteiger partial charge in [0, 0.05) is 19.5 Å². The van der Waals surface area contributed by atoms with Gasteiger partial charge < -0.3 is 10.2 Å². The molecule has 1 unspecified atom stereocenters. The van der Waals surface area contributed by atoms with E-state index in [4.69, 9.17) is 0 Å². The monoisotopic (exact) mass is 326 g/mol. The average Bonchev–Trinajstić information content (AvgIpc) is 2.33. The summed E-state index contributed by atoms with van der Waals surface area (Å²) in [6, 6.07) is 0. The number of nitrogens with one attached hydrogen (secondary N) is 1. The summed E-state index contributed by atoms with van der Waals surface area (Å²) < 4.78 is 0. The van der Waals surface area contributed by atoms with E-state index in [1.807, 2.05) is 0 Å². The molecule has 4 heteroatoms. The molecule has 126 valence electrons. The standard InChI is InChI=1S/C18H30N2O.ClH/c1-12(16-9-19-10-16)17(21)20(2)11-18-6-13-3-14(7-18)5-15(4-13)8-18;/h12-16,19H,3-11H2,1-2H3;1H. The van der Waals surface area contributed by atoms with Gasteiger partial charge in [-0.15, -0.1) is 12.4 Å². The molecule has 5 fully saturated rings. The molecule has 1 saturated heterocycles. The van der Waals surface area contributed by atoms with Crippen LogP contribution in [0.3, 0.4) is 0 Å². The van der Waals surface area contributed by atoms with Gasteiger partial charge in [0.15, 0.2) is 0 Å². The van der Waals surface area contributed by atoms with Crippen molar-refractivity contribution in [3.63, 3.8) is 0 Å². The Balaban J connectivity index is 0.00000144. The number of nitrogens with zero attached hydrogens (tertiary/aromatic N) is 1. The first-order valence-electron chi connectivity index (χ1n) is 9.00. The fourth-order valence-corrected chi connectivity index (χ4v) is 6.28. The first-order valence-corrected chi connectivity index (χ1v) is 9.00. The summed E-state index contributed by atoms with van der Waals surface area (Å²) in [6.07, 6.45) is 8.66. The van der Waals surface area contributed by atoms with Crippen molar-refractivity contribution in [2.75, 3.05) is 26.7 Å². The number of hydrogen-bond donors (Lipinski definition) is 1. The second-order valence-electron chi connectivity index (χ2n) is 8.82. The van der Waals surface area contributed by atoms with Gasteiger partial charge in [-0.2, -0.15) is 0 Å². The summed E-state index contributed by atoms with van der Waals surface area (Å²) in [4.78, 5) is 14.8. The second-order valence-corrected chi connectivity index (χ2v) is 8.82. The van der Waals surface area contributed by atoms with Gasteiger partial charge in [0.1, 0.15) is 0 Å². The first kappa shape index (κ1) is 16.6. The summed E-state index contributed by atoms with van der Waals surface area (Å²) in [5, 5.41) is 3.29. The molecule has 1 amide bonds. The third-order valence-corrected chi connectivity index (χ3v) is 7.02. The van der Waals surface area contributed by atoms with Crippen molar-refractivity contribution >= 4 is 18.3 Å². The lowest BCUT2D eigenvalue weighted by molar-refractivity contribution is -0.141. The van der Waals surface area contributed by atoms with Crippen LogP contribution in [0.25, 0.3) is 0 Å². The molecule has 3 nitrogen and oxygen atoms in total. The van der Waals surface area contributed by atoms with Crippen LogP contribution in [0.5, 0.6) is 0 Å². The zero-order valence-electron chi connectivity index (χ0n) is 14.0. The van der Waals surface area contributed by atoms with Crippen LogP contribution in [0.1, 0.15) is 45.4 Å². The summed E-state index contributed by atoms with van der Waals surface area (Å²) >= 11 is 0. The SMILES string of the molecule is CC(C(=O)N(C)CC12CC3CC(CC(C3)C1)C2)C1CNC1.Cl. The molecule has 5 rings (SSSR count). The van der Waals surface area contributed by atoms with Crippen LogP contribution in [-0.2, 0) is 4.79 Å². The van der Waals surface area contributed by atoms with Crippen LogP contribution in [0.4, 0.5) is 0 Å². The van der Waals surface area contributed by atoms with Crippen LogP contribution >= 0.6 is 12.4 Å². The highest BCUT2D eigenvalue weighted by molar-refractivity contribution is 5.85. The molecule has 0 aromatic carbocycles. The summed E-state index contributed by atoms with van der Waals surface area (Å²) in [5.41, 5.74) is 0.483. The molecule has 4 bridgehead atoms. The molecule has 5 aliphatic rings. The molecule has 4 aliphatic carbocycles. The van der Waals surface area contributed by atoms with Gasteiger partial charge in [0.05, 0.1) is 0 Å². The molecule has 1 N–H and O–H groups in total. The third kappa shape index (κ3) is 2.80. The molecule has 0 spiro atoms. The molecule has 0 aromatic heterocycles. The fraction of sp³-hybridized carbons (Fsp3) is 0.944. The van der Waals surface area contributed by atoms with Gasteiger partial charge in [-0.05, 0) is 80.7 Å². The maximum absolute atomic E-state index is 12.7. The van der Waals surface area contributed by atoms with Crippen molar-refractivity contribution in [2.45, 2.75) is 45.4 Å².